The number of hydrogen-bond acceptors (Lipinski definition) is 6. The number of hydrogen-bond donors (Lipinski definition) is 0. The molecule has 0 aromatic carbocycles. The zero-order valence-electron chi connectivity index (χ0n) is 47.1. The summed E-state index contributed by atoms with van der Waals surface area (Å²) in [7, 11) is 0. The van der Waals surface area contributed by atoms with Crippen molar-refractivity contribution >= 4 is 17.9 Å². The van der Waals surface area contributed by atoms with Crippen molar-refractivity contribution in [2.75, 3.05) is 13.2 Å². The van der Waals surface area contributed by atoms with Crippen LogP contribution in [0, 0.1) is 0 Å². The van der Waals surface area contributed by atoms with Crippen molar-refractivity contribution < 1.29 is 28.6 Å². The van der Waals surface area contributed by atoms with Crippen LogP contribution in [0.5, 0.6) is 0 Å². The Bertz CT molecular complexity index is 1490. The first kappa shape index (κ1) is 68.6. The van der Waals surface area contributed by atoms with Gasteiger partial charge in [0.1, 0.15) is 13.2 Å². The predicted octanol–water partition coefficient (Wildman–Crippen LogP) is 20.2. The van der Waals surface area contributed by atoms with Crippen molar-refractivity contribution in [2.45, 2.75) is 258 Å². The number of carbonyl (C=O) groups excluding carboxylic acids is 3. The minimum absolute atomic E-state index is 0.112. The zero-order chi connectivity index (χ0) is 52.9. The SMILES string of the molecule is CC/C=C\C/C=C\C/C=C\C/C=C\C/C=C\CCCCCC(=O)OCC(COC(=O)CCCCC/C=C\C/C=C\C/C=C\C/C=C\C/C=C\CC)OC(=O)CCCCCCCCC/C=C\CCCCCCCC. The molecule has 0 N–H and O–H groups in total. The molecule has 0 saturated carbocycles. The van der Waals surface area contributed by atoms with Gasteiger partial charge >= 0.3 is 17.9 Å². The van der Waals surface area contributed by atoms with Crippen molar-refractivity contribution in [3.05, 3.63) is 134 Å². The first-order chi connectivity index (χ1) is 36.0. The van der Waals surface area contributed by atoms with Crippen molar-refractivity contribution in [3.63, 3.8) is 0 Å². The first-order valence-corrected chi connectivity index (χ1v) is 29.7. The maximum atomic E-state index is 12.9. The van der Waals surface area contributed by atoms with Crippen molar-refractivity contribution in [3.8, 4) is 0 Å². The van der Waals surface area contributed by atoms with Crippen LogP contribution in [0.4, 0.5) is 0 Å². The number of carbonyl (C=O) groups is 3. The lowest BCUT2D eigenvalue weighted by Crippen LogP contribution is -2.30. The molecule has 0 aromatic heterocycles. The van der Waals surface area contributed by atoms with Crippen LogP contribution in [-0.4, -0.2) is 37.2 Å². The Hall–Kier alpha value is -4.45. The van der Waals surface area contributed by atoms with E-state index in [0.29, 0.717) is 19.3 Å². The maximum Gasteiger partial charge on any atom is 0.306 e. The summed E-state index contributed by atoms with van der Waals surface area (Å²) in [5.41, 5.74) is 0. The van der Waals surface area contributed by atoms with Gasteiger partial charge in [0.25, 0.3) is 0 Å². The van der Waals surface area contributed by atoms with E-state index in [-0.39, 0.29) is 31.1 Å². The summed E-state index contributed by atoms with van der Waals surface area (Å²) >= 11 is 0. The van der Waals surface area contributed by atoms with Gasteiger partial charge in [-0.15, -0.1) is 0 Å². The molecular weight excluding hydrogens is 901 g/mol. The summed E-state index contributed by atoms with van der Waals surface area (Å²) in [6.45, 7) is 6.35. The molecule has 73 heavy (non-hydrogen) atoms. The highest BCUT2D eigenvalue weighted by molar-refractivity contribution is 5.71. The highest BCUT2D eigenvalue weighted by Crippen LogP contribution is 2.14. The molecule has 0 saturated heterocycles. The summed E-state index contributed by atoms with van der Waals surface area (Å²) in [4.78, 5) is 38.2. The van der Waals surface area contributed by atoms with Crippen LogP contribution in [-0.2, 0) is 28.6 Å². The Labute approximate surface area is 449 Å². The van der Waals surface area contributed by atoms with Crippen LogP contribution in [0.3, 0.4) is 0 Å². The van der Waals surface area contributed by atoms with E-state index < -0.39 is 6.10 Å². The van der Waals surface area contributed by atoms with E-state index >= 15 is 0 Å². The molecule has 6 nitrogen and oxygen atoms in total. The van der Waals surface area contributed by atoms with Crippen LogP contribution in [0.2, 0.25) is 0 Å². The molecule has 0 aliphatic heterocycles. The van der Waals surface area contributed by atoms with Gasteiger partial charge in [-0.25, -0.2) is 0 Å². The minimum atomic E-state index is -0.814. The van der Waals surface area contributed by atoms with Gasteiger partial charge in [0.15, 0.2) is 6.10 Å². The van der Waals surface area contributed by atoms with Crippen LogP contribution in [0.1, 0.15) is 252 Å². The fraction of sp³-hybridized carbons (Fsp3) is 0.627. The quantitative estimate of drug-likeness (QED) is 0.0261. The van der Waals surface area contributed by atoms with Crippen molar-refractivity contribution in [1.29, 1.82) is 0 Å². The molecule has 0 fully saturated rings. The molecule has 0 unspecified atom stereocenters. The average Bonchev–Trinajstić information content (AvgIpc) is 3.39. The Morgan fingerprint density at radius 2 is 0.534 bits per heavy atom. The molecule has 412 valence electrons. The lowest BCUT2D eigenvalue weighted by molar-refractivity contribution is -0.167. The molecule has 0 spiro atoms. The van der Waals surface area contributed by atoms with Crippen molar-refractivity contribution in [1.82, 2.24) is 0 Å². The fourth-order valence-corrected chi connectivity index (χ4v) is 7.72. The fourth-order valence-electron chi connectivity index (χ4n) is 7.72. The number of ether oxygens (including phenoxy) is 3. The zero-order valence-corrected chi connectivity index (χ0v) is 47.1. The molecule has 0 heterocycles. The summed E-state index contributed by atoms with van der Waals surface area (Å²) in [6.07, 6.45) is 84.4. The van der Waals surface area contributed by atoms with E-state index in [1.54, 1.807) is 0 Å². The normalized spacial score (nSPS) is 12.7. The van der Waals surface area contributed by atoms with E-state index in [9.17, 15) is 14.4 Å². The number of unbranched alkanes of at least 4 members (excludes halogenated alkanes) is 19. The number of allylic oxidation sites excluding steroid dienone is 22. The second-order valence-corrected chi connectivity index (χ2v) is 19.1. The highest BCUT2D eigenvalue weighted by Gasteiger charge is 2.19. The van der Waals surface area contributed by atoms with E-state index in [1.807, 2.05) is 0 Å². The van der Waals surface area contributed by atoms with Gasteiger partial charge < -0.3 is 14.2 Å². The van der Waals surface area contributed by atoms with Gasteiger partial charge in [-0.3, -0.25) is 14.4 Å². The average molecular weight is 1010 g/mol. The molecule has 0 bridgehead atoms. The second kappa shape index (κ2) is 60.1. The van der Waals surface area contributed by atoms with Crippen LogP contribution >= 0.6 is 0 Å². The van der Waals surface area contributed by atoms with Gasteiger partial charge in [-0.2, -0.15) is 0 Å². The summed E-state index contributed by atoms with van der Waals surface area (Å²) < 4.78 is 16.8. The molecule has 0 aliphatic rings. The van der Waals surface area contributed by atoms with Crippen LogP contribution in [0.25, 0.3) is 0 Å². The largest absolute Gasteiger partial charge is 0.462 e. The maximum absolute atomic E-state index is 12.9. The monoisotopic (exact) mass is 1010 g/mol. The Balaban J connectivity index is 4.54. The lowest BCUT2D eigenvalue weighted by Gasteiger charge is -2.18. The van der Waals surface area contributed by atoms with Gasteiger partial charge in [0, 0.05) is 19.3 Å². The molecule has 6 heteroatoms. The van der Waals surface area contributed by atoms with Crippen LogP contribution < -0.4 is 0 Å². The summed E-state index contributed by atoms with van der Waals surface area (Å²) in [5, 5.41) is 0. The third kappa shape index (κ3) is 58.3. The van der Waals surface area contributed by atoms with E-state index in [0.717, 1.165) is 135 Å². The summed E-state index contributed by atoms with van der Waals surface area (Å²) in [5.74, 6) is -0.979. The van der Waals surface area contributed by atoms with Gasteiger partial charge in [-0.1, -0.05) is 231 Å². The molecule has 0 atom stereocenters. The molecular formula is C67H108O6. The standard InChI is InChI=1S/C67H108O6/c1-4-7-10-13-16-19-22-25-28-31-33-36-38-41-44-47-50-53-56-59-65(68)71-62-64(73-67(70)61-58-55-52-49-46-43-40-35-30-27-24-21-18-15-12-9-6-3)63-72-66(69)60-57-54-51-48-45-42-39-37-34-32-29-26-23-20-17-14-11-8-5-2/h7-8,10-11,16-17,19-20,25-30,33-34,36-37,41-42,44-45,64H,4-6,9,12-15,18,21-24,31-32,35,38-40,43,46-63H2,1-3H3/b10-7-,11-8-,19-16-,20-17-,28-25-,29-26-,30-27-,36-33-,37-34-,44-41-,45-42-. The first-order valence-electron chi connectivity index (χ1n) is 29.7. The molecule has 0 aliphatic carbocycles. The minimum Gasteiger partial charge on any atom is -0.462 e. The number of rotatable bonds is 52. The third-order valence-electron chi connectivity index (χ3n) is 12.1. The smallest absolute Gasteiger partial charge is 0.306 e. The third-order valence-corrected chi connectivity index (χ3v) is 12.1. The number of esters is 3. The topological polar surface area (TPSA) is 78.9 Å². The molecule has 0 amide bonds. The molecule has 0 rings (SSSR count). The van der Waals surface area contributed by atoms with Gasteiger partial charge in [-0.05, 0) is 135 Å². The van der Waals surface area contributed by atoms with Gasteiger partial charge in [0.2, 0.25) is 0 Å². The van der Waals surface area contributed by atoms with E-state index in [2.05, 4.69) is 154 Å². The Morgan fingerprint density at radius 1 is 0.288 bits per heavy atom. The highest BCUT2D eigenvalue weighted by atomic mass is 16.6. The van der Waals surface area contributed by atoms with Crippen LogP contribution in [0.15, 0.2) is 134 Å². The van der Waals surface area contributed by atoms with Gasteiger partial charge in [0.05, 0.1) is 0 Å². The second-order valence-electron chi connectivity index (χ2n) is 19.1. The molecule has 0 radical (unpaired) electrons. The van der Waals surface area contributed by atoms with E-state index in [1.165, 1.54) is 77.0 Å². The Morgan fingerprint density at radius 3 is 0.863 bits per heavy atom. The summed E-state index contributed by atoms with van der Waals surface area (Å²) in [6, 6.07) is 0. The van der Waals surface area contributed by atoms with Crippen molar-refractivity contribution in [2.24, 2.45) is 0 Å². The lowest BCUT2D eigenvalue weighted by atomic mass is 10.1. The van der Waals surface area contributed by atoms with E-state index in [4.69, 9.17) is 14.2 Å². The molecule has 0 aromatic rings. The Kier molecular flexibility index (Phi) is 56.4. The predicted molar refractivity (Wildman–Crippen MR) is 316 cm³/mol.